The van der Waals surface area contributed by atoms with Crippen LogP contribution >= 0.6 is 28.1 Å². The molecule has 0 bridgehead atoms. The van der Waals surface area contributed by atoms with E-state index in [1.807, 2.05) is 24.3 Å². The van der Waals surface area contributed by atoms with Crippen molar-refractivity contribution >= 4 is 39.7 Å². The minimum absolute atomic E-state index is 0.0970. The van der Waals surface area contributed by atoms with Crippen LogP contribution in [-0.2, 0) is 6.54 Å². The van der Waals surface area contributed by atoms with E-state index in [2.05, 4.69) is 31.4 Å². The molecule has 0 saturated carbocycles. The van der Waals surface area contributed by atoms with Gasteiger partial charge in [0.25, 0.3) is 11.6 Å². The number of halogens is 1. The molecule has 3 rings (SSSR count). The van der Waals surface area contributed by atoms with Crippen molar-refractivity contribution in [3.63, 3.8) is 0 Å². The number of benzene rings is 2. The molecular weight excluding hydrogens is 434 g/mol. The van der Waals surface area contributed by atoms with Crippen LogP contribution in [0.1, 0.15) is 21.7 Å². The Kier molecular flexibility index (Phi) is 5.47. The maximum absolute atomic E-state index is 12.5. The van der Waals surface area contributed by atoms with Crippen molar-refractivity contribution in [3.05, 3.63) is 78.8 Å². The van der Waals surface area contributed by atoms with E-state index in [9.17, 15) is 14.9 Å². The molecule has 0 radical (unpaired) electrons. The lowest BCUT2D eigenvalue weighted by Crippen LogP contribution is -2.25. The van der Waals surface area contributed by atoms with Gasteiger partial charge >= 0.3 is 0 Å². The van der Waals surface area contributed by atoms with E-state index in [-0.39, 0.29) is 17.8 Å². The van der Waals surface area contributed by atoms with E-state index < -0.39 is 10.8 Å². The summed E-state index contributed by atoms with van der Waals surface area (Å²) in [6, 6.07) is 11.9. The lowest BCUT2D eigenvalue weighted by molar-refractivity contribution is -0.385. The number of H-pyrrole nitrogens is 1. The summed E-state index contributed by atoms with van der Waals surface area (Å²) in [4.78, 5) is 23.0. The van der Waals surface area contributed by atoms with Crippen molar-refractivity contribution in [2.24, 2.45) is 0 Å². The Hall–Kier alpha value is -2.85. The average Bonchev–Trinajstić information content (AvgIpc) is 3.01. The van der Waals surface area contributed by atoms with Crippen molar-refractivity contribution in [2.75, 3.05) is 0 Å². The minimum Gasteiger partial charge on any atom is -0.345 e. The highest BCUT2D eigenvalue weighted by Crippen LogP contribution is 2.21. The van der Waals surface area contributed by atoms with Crippen LogP contribution in [0, 0.1) is 21.8 Å². The number of hydrogen-bond acceptors (Lipinski definition) is 5. The molecule has 0 saturated heterocycles. The van der Waals surface area contributed by atoms with Crippen molar-refractivity contribution in [1.29, 1.82) is 0 Å². The lowest BCUT2D eigenvalue weighted by atomic mass is 10.1. The predicted molar refractivity (Wildman–Crippen MR) is 105 cm³/mol. The molecule has 2 aromatic carbocycles. The van der Waals surface area contributed by atoms with E-state index in [0.717, 1.165) is 10.2 Å². The number of nitrogens with one attached hydrogen (secondary N) is 2. The van der Waals surface area contributed by atoms with Gasteiger partial charge in [-0.15, -0.1) is 0 Å². The number of rotatable bonds is 5. The van der Waals surface area contributed by atoms with Gasteiger partial charge in [0.15, 0.2) is 10.6 Å². The van der Waals surface area contributed by atoms with Crippen molar-refractivity contribution in [2.45, 2.75) is 13.5 Å². The Morgan fingerprint density at radius 2 is 2.04 bits per heavy atom. The van der Waals surface area contributed by atoms with Crippen LogP contribution in [0.4, 0.5) is 5.69 Å². The van der Waals surface area contributed by atoms with Crippen LogP contribution in [0.3, 0.4) is 0 Å². The lowest BCUT2D eigenvalue weighted by Gasteiger charge is -2.10. The van der Waals surface area contributed by atoms with Gasteiger partial charge in [0.05, 0.1) is 11.5 Å². The molecule has 3 aromatic rings. The molecule has 0 fully saturated rings. The number of aromatic amines is 1. The Balaban J connectivity index is 1.83. The minimum atomic E-state index is -0.509. The molecule has 0 unspecified atom stereocenters. The van der Waals surface area contributed by atoms with Gasteiger partial charge in [-0.3, -0.25) is 24.6 Å². The van der Waals surface area contributed by atoms with Gasteiger partial charge < -0.3 is 5.32 Å². The van der Waals surface area contributed by atoms with E-state index in [1.54, 1.807) is 17.6 Å². The maximum Gasteiger partial charge on any atom is 0.273 e. The Morgan fingerprint density at radius 3 is 2.70 bits per heavy atom. The van der Waals surface area contributed by atoms with Gasteiger partial charge in [0, 0.05) is 27.4 Å². The predicted octanol–water partition coefficient (Wildman–Crippen LogP) is 3.84. The molecule has 0 aliphatic carbocycles. The second-order valence-corrected chi connectivity index (χ2v) is 6.95. The second-order valence-electron chi connectivity index (χ2n) is 5.65. The summed E-state index contributed by atoms with van der Waals surface area (Å²) in [5.41, 5.74) is 1.26. The van der Waals surface area contributed by atoms with E-state index in [4.69, 9.17) is 12.2 Å². The number of carbonyl (C=O) groups is 1. The van der Waals surface area contributed by atoms with Crippen LogP contribution < -0.4 is 5.32 Å². The average molecular weight is 448 g/mol. The fraction of sp³-hybridized carbons (Fsp3) is 0.118. The van der Waals surface area contributed by atoms with Gasteiger partial charge in [-0.05, 0) is 49.5 Å². The van der Waals surface area contributed by atoms with Gasteiger partial charge in [-0.1, -0.05) is 22.0 Å². The van der Waals surface area contributed by atoms with Crippen LogP contribution in [0.25, 0.3) is 5.69 Å². The summed E-state index contributed by atoms with van der Waals surface area (Å²) < 4.78 is 3.04. The third kappa shape index (κ3) is 3.96. The SMILES string of the molecule is Cc1c(C(=O)NCc2n[nH]c(=S)n2-c2ccc(Br)cc2)cccc1[N+](=O)[O-]. The molecular formula is C17H14BrN5O3S. The smallest absolute Gasteiger partial charge is 0.273 e. The molecule has 1 heterocycles. The van der Waals surface area contributed by atoms with Crippen LogP contribution in [0.15, 0.2) is 46.9 Å². The fourth-order valence-corrected chi connectivity index (χ4v) is 3.15. The molecule has 1 aromatic heterocycles. The number of aromatic nitrogens is 3. The Morgan fingerprint density at radius 1 is 1.33 bits per heavy atom. The number of nitro benzene ring substituents is 1. The monoisotopic (exact) mass is 447 g/mol. The van der Waals surface area contributed by atoms with Crippen LogP contribution in [-0.4, -0.2) is 25.6 Å². The first-order valence-electron chi connectivity index (χ1n) is 7.83. The first-order chi connectivity index (χ1) is 12.9. The summed E-state index contributed by atoms with van der Waals surface area (Å²) in [6.07, 6.45) is 0. The van der Waals surface area contributed by atoms with Gasteiger partial charge in [0.2, 0.25) is 0 Å². The number of amides is 1. The van der Waals surface area contributed by atoms with Gasteiger partial charge in [-0.2, -0.15) is 5.10 Å². The largest absolute Gasteiger partial charge is 0.345 e. The van der Waals surface area contributed by atoms with E-state index >= 15 is 0 Å². The van der Waals surface area contributed by atoms with E-state index in [1.165, 1.54) is 12.1 Å². The molecule has 27 heavy (non-hydrogen) atoms. The standard InChI is InChI=1S/C17H14BrN5O3S/c1-10-13(3-2-4-14(10)23(25)26)16(24)19-9-15-20-21-17(27)22(15)12-7-5-11(18)6-8-12/h2-8H,9H2,1H3,(H,19,24)(H,21,27). The van der Waals surface area contributed by atoms with Crippen molar-refractivity contribution in [3.8, 4) is 5.69 Å². The third-order valence-electron chi connectivity index (χ3n) is 3.98. The molecule has 0 spiro atoms. The first-order valence-corrected chi connectivity index (χ1v) is 9.03. The highest BCUT2D eigenvalue weighted by Gasteiger charge is 2.18. The fourth-order valence-electron chi connectivity index (χ4n) is 2.63. The van der Waals surface area contributed by atoms with E-state index in [0.29, 0.717) is 16.2 Å². The van der Waals surface area contributed by atoms with Gasteiger partial charge in [0.1, 0.15) is 0 Å². The normalized spacial score (nSPS) is 10.6. The molecule has 10 heteroatoms. The summed E-state index contributed by atoms with van der Waals surface area (Å²) in [5, 5.41) is 20.7. The zero-order chi connectivity index (χ0) is 19.6. The highest BCUT2D eigenvalue weighted by molar-refractivity contribution is 9.10. The Labute approximate surface area is 167 Å². The second kappa shape index (κ2) is 7.80. The highest BCUT2D eigenvalue weighted by atomic mass is 79.9. The molecule has 0 atom stereocenters. The summed E-state index contributed by atoms with van der Waals surface area (Å²) in [5.74, 6) is 0.0891. The topological polar surface area (TPSA) is 106 Å². The van der Waals surface area contributed by atoms with Gasteiger partial charge in [-0.25, -0.2) is 0 Å². The van der Waals surface area contributed by atoms with Crippen molar-refractivity contribution < 1.29 is 9.72 Å². The molecule has 138 valence electrons. The molecule has 8 nitrogen and oxygen atoms in total. The molecule has 2 N–H and O–H groups in total. The van der Waals surface area contributed by atoms with Crippen LogP contribution in [0.5, 0.6) is 0 Å². The zero-order valence-corrected chi connectivity index (χ0v) is 16.5. The maximum atomic E-state index is 12.5. The Bertz CT molecular complexity index is 1070. The van der Waals surface area contributed by atoms with Crippen LogP contribution in [0.2, 0.25) is 0 Å². The zero-order valence-electron chi connectivity index (χ0n) is 14.1. The summed E-state index contributed by atoms with van der Waals surface area (Å²) in [7, 11) is 0. The number of carbonyl (C=O) groups excluding carboxylic acids is 1. The molecule has 0 aliphatic heterocycles. The third-order valence-corrected chi connectivity index (χ3v) is 4.78. The molecule has 1 amide bonds. The summed E-state index contributed by atoms with van der Waals surface area (Å²) >= 11 is 8.65. The number of nitrogens with zero attached hydrogens (tertiary/aromatic N) is 3. The van der Waals surface area contributed by atoms with Crippen molar-refractivity contribution in [1.82, 2.24) is 20.1 Å². The first kappa shape index (κ1) is 18.9. The number of nitro groups is 1. The summed E-state index contributed by atoms with van der Waals surface area (Å²) in [6.45, 7) is 1.65. The quantitative estimate of drug-likeness (QED) is 0.351. The molecule has 0 aliphatic rings. The number of hydrogen-bond donors (Lipinski definition) is 2.